The fourth-order valence-corrected chi connectivity index (χ4v) is 3.76. The lowest BCUT2D eigenvalue weighted by atomic mass is 9.70. The van der Waals surface area contributed by atoms with Crippen molar-refractivity contribution in [1.29, 1.82) is 0 Å². The fourth-order valence-electron chi connectivity index (χ4n) is 3.76. The van der Waals surface area contributed by atoms with E-state index in [0.717, 1.165) is 19.1 Å². The lowest BCUT2D eigenvalue weighted by Gasteiger charge is -2.39. The highest BCUT2D eigenvalue weighted by Gasteiger charge is 2.61. The van der Waals surface area contributed by atoms with Gasteiger partial charge in [-0.2, -0.15) is 0 Å². The SMILES string of the molecule is CN(C)CCO[C@H]1C[C@H]2CC[C@]1(C)C2(C)C. The van der Waals surface area contributed by atoms with Gasteiger partial charge >= 0.3 is 0 Å². The van der Waals surface area contributed by atoms with Crippen LogP contribution in [0.4, 0.5) is 0 Å². The highest BCUT2D eigenvalue weighted by molar-refractivity contribution is 5.11. The molecule has 0 aliphatic heterocycles. The first-order chi connectivity index (χ1) is 7.38. The summed E-state index contributed by atoms with van der Waals surface area (Å²) in [6.07, 6.45) is 4.56. The van der Waals surface area contributed by atoms with Crippen molar-refractivity contribution in [2.75, 3.05) is 27.2 Å². The second-order valence-electron chi connectivity index (χ2n) is 6.77. The minimum atomic E-state index is 0.421. The lowest BCUT2D eigenvalue weighted by molar-refractivity contribution is -0.0495. The van der Waals surface area contributed by atoms with E-state index in [1.807, 2.05) is 0 Å². The molecule has 2 aliphatic rings. The molecule has 2 aliphatic carbocycles. The fraction of sp³-hybridized carbons (Fsp3) is 1.00. The second-order valence-corrected chi connectivity index (χ2v) is 6.77. The first-order valence-electron chi connectivity index (χ1n) is 6.64. The third kappa shape index (κ3) is 1.70. The molecule has 2 fully saturated rings. The Hall–Kier alpha value is -0.0800. The van der Waals surface area contributed by atoms with Gasteiger partial charge in [-0.1, -0.05) is 20.8 Å². The molecule has 0 spiro atoms. The van der Waals surface area contributed by atoms with Crippen molar-refractivity contribution in [1.82, 2.24) is 4.90 Å². The maximum absolute atomic E-state index is 6.14. The first-order valence-corrected chi connectivity index (χ1v) is 6.64. The molecule has 0 radical (unpaired) electrons. The van der Waals surface area contributed by atoms with Crippen LogP contribution in [0, 0.1) is 16.7 Å². The van der Waals surface area contributed by atoms with Gasteiger partial charge in [0.2, 0.25) is 0 Å². The van der Waals surface area contributed by atoms with Gasteiger partial charge in [-0.15, -0.1) is 0 Å². The monoisotopic (exact) mass is 225 g/mol. The average molecular weight is 225 g/mol. The van der Waals surface area contributed by atoms with E-state index >= 15 is 0 Å². The Bertz CT molecular complexity index is 261. The van der Waals surface area contributed by atoms with E-state index in [1.165, 1.54) is 19.3 Å². The zero-order valence-corrected chi connectivity index (χ0v) is 11.5. The standard InChI is InChI=1S/C14H27NO/c1-13(2)11-6-7-14(13,3)12(10-11)16-9-8-15(4)5/h11-12H,6-10H2,1-5H3/t11-,12+,14+/m1/s1. The number of rotatable bonds is 4. The van der Waals surface area contributed by atoms with Gasteiger partial charge in [-0.3, -0.25) is 0 Å². The predicted octanol–water partition coefficient (Wildman–Crippen LogP) is 2.78. The van der Waals surface area contributed by atoms with Crippen LogP contribution in [-0.2, 0) is 4.74 Å². The number of hydrogen-bond donors (Lipinski definition) is 0. The second kappa shape index (κ2) is 3.99. The highest BCUT2D eigenvalue weighted by atomic mass is 16.5. The van der Waals surface area contributed by atoms with Crippen molar-refractivity contribution in [3.63, 3.8) is 0 Å². The van der Waals surface area contributed by atoms with E-state index in [0.29, 0.717) is 16.9 Å². The number of likely N-dealkylation sites (N-methyl/N-ethyl adjacent to an activating group) is 1. The zero-order valence-electron chi connectivity index (χ0n) is 11.5. The molecule has 94 valence electrons. The predicted molar refractivity (Wildman–Crippen MR) is 67.5 cm³/mol. The summed E-state index contributed by atoms with van der Waals surface area (Å²) in [4.78, 5) is 2.20. The van der Waals surface area contributed by atoms with Gasteiger partial charge in [0.25, 0.3) is 0 Å². The zero-order chi connectivity index (χ0) is 12.0. The Morgan fingerprint density at radius 3 is 2.38 bits per heavy atom. The van der Waals surface area contributed by atoms with Crippen molar-refractivity contribution in [3.05, 3.63) is 0 Å². The minimum absolute atomic E-state index is 0.421. The Labute approximate surface area is 100 Å². The van der Waals surface area contributed by atoms with Gasteiger partial charge in [-0.25, -0.2) is 0 Å². The third-order valence-corrected chi connectivity index (χ3v) is 5.57. The van der Waals surface area contributed by atoms with E-state index in [4.69, 9.17) is 4.74 Å². The molecule has 0 aromatic heterocycles. The van der Waals surface area contributed by atoms with E-state index in [2.05, 4.69) is 39.8 Å². The molecule has 0 unspecified atom stereocenters. The smallest absolute Gasteiger partial charge is 0.0637 e. The van der Waals surface area contributed by atoms with E-state index in [9.17, 15) is 0 Å². The molecule has 0 N–H and O–H groups in total. The van der Waals surface area contributed by atoms with Crippen LogP contribution in [0.15, 0.2) is 0 Å². The maximum atomic E-state index is 6.14. The number of ether oxygens (including phenoxy) is 1. The highest BCUT2D eigenvalue weighted by Crippen LogP contribution is 2.66. The summed E-state index contributed by atoms with van der Waals surface area (Å²) >= 11 is 0. The Morgan fingerprint density at radius 2 is 1.94 bits per heavy atom. The van der Waals surface area contributed by atoms with Crippen molar-refractivity contribution >= 4 is 0 Å². The van der Waals surface area contributed by atoms with Crippen molar-refractivity contribution in [2.45, 2.75) is 46.1 Å². The van der Waals surface area contributed by atoms with Gasteiger partial charge < -0.3 is 9.64 Å². The van der Waals surface area contributed by atoms with Gasteiger partial charge in [-0.05, 0) is 50.1 Å². The molecule has 2 heteroatoms. The molecule has 0 aromatic rings. The Morgan fingerprint density at radius 1 is 1.25 bits per heavy atom. The molecular formula is C14H27NO. The lowest BCUT2D eigenvalue weighted by Crippen LogP contribution is -2.38. The summed E-state index contributed by atoms with van der Waals surface area (Å²) in [7, 11) is 4.21. The number of fused-ring (bicyclic) bond motifs is 2. The van der Waals surface area contributed by atoms with Crippen LogP contribution in [0.1, 0.15) is 40.0 Å². The quantitative estimate of drug-likeness (QED) is 0.729. The molecule has 3 atom stereocenters. The topological polar surface area (TPSA) is 12.5 Å². The summed E-state index contributed by atoms with van der Waals surface area (Å²) in [5.41, 5.74) is 0.903. The summed E-state index contributed by atoms with van der Waals surface area (Å²) in [5.74, 6) is 0.891. The van der Waals surface area contributed by atoms with Crippen LogP contribution in [0.25, 0.3) is 0 Å². The largest absolute Gasteiger partial charge is 0.376 e. The van der Waals surface area contributed by atoms with E-state index < -0.39 is 0 Å². The number of nitrogens with zero attached hydrogens (tertiary/aromatic N) is 1. The van der Waals surface area contributed by atoms with Gasteiger partial charge in [0.15, 0.2) is 0 Å². The Balaban J connectivity index is 1.94. The van der Waals surface area contributed by atoms with Crippen LogP contribution < -0.4 is 0 Å². The van der Waals surface area contributed by atoms with E-state index in [1.54, 1.807) is 0 Å². The van der Waals surface area contributed by atoms with E-state index in [-0.39, 0.29) is 0 Å². The van der Waals surface area contributed by atoms with Crippen LogP contribution >= 0.6 is 0 Å². The molecule has 2 bridgehead atoms. The Kier molecular flexibility index (Phi) is 3.09. The van der Waals surface area contributed by atoms with Crippen molar-refractivity contribution in [3.8, 4) is 0 Å². The van der Waals surface area contributed by atoms with Gasteiger partial charge in [0.1, 0.15) is 0 Å². The van der Waals surface area contributed by atoms with Crippen LogP contribution in [-0.4, -0.2) is 38.3 Å². The summed E-state index contributed by atoms with van der Waals surface area (Å²) in [6, 6.07) is 0. The third-order valence-electron chi connectivity index (χ3n) is 5.57. The molecule has 2 rings (SSSR count). The number of hydrogen-bond acceptors (Lipinski definition) is 2. The first kappa shape index (κ1) is 12.4. The maximum Gasteiger partial charge on any atom is 0.0637 e. The van der Waals surface area contributed by atoms with Gasteiger partial charge in [0.05, 0.1) is 12.7 Å². The summed E-state index contributed by atoms with van der Waals surface area (Å²) in [6.45, 7) is 9.26. The minimum Gasteiger partial charge on any atom is -0.376 e. The molecule has 0 heterocycles. The molecule has 2 nitrogen and oxygen atoms in total. The molecule has 0 aromatic carbocycles. The van der Waals surface area contributed by atoms with Crippen LogP contribution in [0.2, 0.25) is 0 Å². The van der Waals surface area contributed by atoms with Gasteiger partial charge in [0, 0.05) is 6.54 Å². The molecule has 0 saturated heterocycles. The van der Waals surface area contributed by atoms with Crippen LogP contribution in [0.3, 0.4) is 0 Å². The van der Waals surface area contributed by atoms with Crippen LogP contribution in [0.5, 0.6) is 0 Å². The molecule has 0 amide bonds. The van der Waals surface area contributed by atoms with Crippen molar-refractivity contribution in [2.24, 2.45) is 16.7 Å². The normalized spacial score (nSPS) is 40.9. The summed E-state index contributed by atoms with van der Waals surface area (Å²) in [5, 5.41) is 0. The summed E-state index contributed by atoms with van der Waals surface area (Å²) < 4.78 is 6.14. The average Bonchev–Trinajstić information content (AvgIpc) is 2.49. The van der Waals surface area contributed by atoms with Crippen molar-refractivity contribution < 1.29 is 4.74 Å². The molecule has 16 heavy (non-hydrogen) atoms. The molecule has 2 saturated carbocycles. The molecular weight excluding hydrogens is 198 g/mol.